The molecule has 0 fully saturated rings. The van der Waals surface area contributed by atoms with Gasteiger partial charge in [-0.2, -0.15) is 13.8 Å². The Hall–Kier alpha value is -2.96. The summed E-state index contributed by atoms with van der Waals surface area (Å²) in [5.74, 6) is 0.787. The van der Waals surface area contributed by atoms with E-state index < -0.39 is 6.61 Å². The van der Waals surface area contributed by atoms with Gasteiger partial charge in [-0.05, 0) is 18.2 Å². The number of benzene rings is 2. The molecular formula is C16H12F2N2O3. The van der Waals surface area contributed by atoms with Crippen molar-refractivity contribution in [3.63, 3.8) is 0 Å². The van der Waals surface area contributed by atoms with Crippen molar-refractivity contribution in [2.45, 2.75) is 6.61 Å². The van der Waals surface area contributed by atoms with E-state index in [-0.39, 0.29) is 17.4 Å². The Morgan fingerprint density at radius 1 is 1.00 bits per heavy atom. The van der Waals surface area contributed by atoms with Crippen molar-refractivity contribution in [2.24, 2.45) is 0 Å². The number of hydrogen-bond donors (Lipinski definition) is 0. The first-order valence-electron chi connectivity index (χ1n) is 6.69. The molecule has 5 nitrogen and oxygen atoms in total. The van der Waals surface area contributed by atoms with E-state index >= 15 is 0 Å². The first kappa shape index (κ1) is 15.0. The molecule has 0 aliphatic heterocycles. The second kappa shape index (κ2) is 6.43. The lowest BCUT2D eigenvalue weighted by Gasteiger charge is -2.09. The standard InChI is InChI=1S/C16H12F2N2O3/c1-21-13-9-11(7-8-12(13)22-16(17)18)15-19-14(20-23-15)10-5-3-2-4-6-10/h2-9,16H,1H3. The van der Waals surface area contributed by atoms with Crippen LogP contribution >= 0.6 is 0 Å². The molecule has 0 unspecified atom stereocenters. The fourth-order valence-electron chi connectivity index (χ4n) is 2.04. The van der Waals surface area contributed by atoms with E-state index in [2.05, 4.69) is 14.9 Å². The summed E-state index contributed by atoms with van der Waals surface area (Å²) in [6, 6.07) is 13.7. The largest absolute Gasteiger partial charge is 0.493 e. The van der Waals surface area contributed by atoms with Crippen LogP contribution in [0.15, 0.2) is 53.1 Å². The number of aromatic nitrogens is 2. The van der Waals surface area contributed by atoms with Crippen LogP contribution in [-0.4, -0.2) is 23.9 Å². The predicted octanol–water partition coefficient (Wildman–Crippen LogP) is 4.01. The Labute approximate surface area is 130 Å². The SMILES string of the molecule is COc1cc(-c2nc(-c3ccccc3)no2)ccc1OC(F)F. The van der Waals surface area contributed by atoms with Crippen molar-refractivity contribution < 1.29 is 22.8 Å². The summed E-state index contributed by atoms with van der Waals surface area (Å²) in [7, 11) is 1.36. The summed E-state index contributed by atoms with van der Waals surface area (Å²) in [5, 5.41) is 3.91. The highest BCUT2D eigenvalue weighted by molar-refractivity contribution is 5.62. The van der Waals surface area contributed by atoms with Crippen LogP contribution in [0.3, 0.4) is 0 Å². The highest BCUT2D eigenvalue weighted by Gasteiger charge is 2.15. The molecule has 0 atom stereocenters. The molecule has 0 amide bonds. The predicted molar refractivity (Wildman–Crippen MR) is 78.4 cm³/mol. The van der Waals surface area contributed by atoms with Crippen molar-refractivity contribution in [3.05, 3.63) is 48.5 Å². The molecule has 23 heavy (non-hydrogen) atoms. The molecule has 3 aromatic rings. The monoisotopic (exact) mass is 318 g/mol. The average molecular weight is 318 g/mol. The highest BCUT2D eigenvalue weighted by atomic mass is 19.3. The number of rotatable bonds is 5. The first-order chi connectivity index (χ1) is 11.2. The normalized spacial score (nSPS) is 10.8. The van der Waals surface area contributed by atoms with Gasteiger partial charge in [-0.15, -0.1) is 0 Å². The van der Waals surface area contributed by atoms with Gasteiger partial charge in [-0.3, -0.25) is 0 Å². The summed E-state index contributed by atoms with van der Waals surface area (Å²) >= 11 is 0. The third kappa shape index (κ3) is 3.28. The van der Waals surface area contributed by atoms with Gasteiger partial charge in [0.05, 0.1) is 7.11 Å². The minimum atomic E-state index is -2.93. The molecular weight excluding hydrogens is 306 g/mol. The molecule has 118 valence electrons. The maximum absolute atomic E-state index is 12.3. The van der Waals surface area contributed by atoms with E-state index in [1.807, 2.05) is 30.3 Å². The van der Waals surface area contributed by atoms with Crippen LogP contribution in [0, 0.1) is 0 Å². The summed E-state index contributed by atoms with van der Waals surface area (Å²) in [6.45, 7) is -2.93. The lowest BCUT2D eigenvalue weighted by atomic mass is 10.2. The van der Waals surface area contributed by atoms with Crippen molar-refractivity contribution in [1.82, 2.24) is 10.1 Å². The molecule has 0 aliphatic carbocycles. The lowest BCUT2D eigenvalue weighted by molar-refractivity contribution is -0.0512. The summed E-state index contributed by atoms with van der Waals surface area (Å²) in [4.78, 5) is 4.29. The minimum Gasteiger partial charge on any atom is -0.493 e. The Balaban J connectivity index is 1.92. The zero-order valence-corrected chi connectivity index (χ0v) is 12.1. The quantitative estimate of drug-likeness (QED) is 0.711. The van der Waals surface area contributed by atoms with Gasteiger partial charge in [0.25, 0.3) is 5.89 Å². The first-order valence-corrected chi connectivity index (χ1v) is 6.69. The molecule has 0 saturated carbocycles. The molecule has 2 aromatic carbocycles. The Bertz CT molecular complexity index is 791. The summed E-state index contributed by atoms with van der Waals surface area (Å²) < 4.78 is 39.3. The molecule has 0 spiro atoms. The van der Waals surface area contributed by atoms with E-state index in [1.54, 1.807) is 6.07 Å². The second-order valence-corrected chi connectivity index (χ2v) is 4.53. The van der Waals surface area contributed by atoms with Crippen LogP contribution in [0.4, 0.5) is 8.78 Å². The van der Waals surface area contributed by atoms with Crippen LogP contribution in [0.1, 0.15) is 0 Å². The maximum Gasteiger partial charge on any atom is 0.387 e. The van der Waals surface area contributed by atoms with E-state index in [4.69, 9.17) is 9.26 Å². The smallest absolute Gasteiger partial charge is 0.387 e. The van der Waals surface area contributed by atoms with Crippen LogP contribution in [0.5, 0.6) is 11.5 Å². The molecule has 3 rings (SSSR count). The van der Waals surface area contributed by atoms with Gasteiger partial charge >= 0.3 is 6.61 Å². The fraction of sp³-hybridized carbons (Fsp3) is 0.125. The Morgan fingerprint density at radius 3 is 2.48 bits per heavy atom. The van der Waals surface area contributed by atoms with Crippen LogP contribution in [0.25, 0.3) is 22.8 Å². The topological polar surface area (TPSA) is 57.4 Å². The van der Waals surface area contributed by atoms with Crippen LogP contribution in [0.2, 0.25) is 0 Å². The van der Waals surface area contributed by atoms with Crippen molar-refractivity contribution in [3.8, 4) is 34.3 Å². The lowest BCUT2D eigenvalue weighted by Crippen LogP contribution is -2.03. The van der Waals surface area contributed by atoms with E-state index in [1.165, 1.54) is 19.2 Å². The number of ether oxygens (including phenoxy) is 2. The zero-order chi connectivity index (χ0) is 16.2. The second-order valence-electron chi connectivity index (χ2n) is 4.53. The van der Waals surface area contributed by atoms with Gasteiger partial charge in [0.2, 0.25) is 5.82 Å². The van der Waals surface area contributed by atoms with Gasteiger partial charge < -0.3 is 14.0 Å². The molecule has 0 saturated heterocycles. The minimum absolute atomic E-state index is 0.0611. The fourth-order valence-corrected chi connectivity index (χ4v) is 2.04. The maximum atomic E-state index is 12.3. The Morgan fingerprint density at radius 2 is 1.78 bits per heavy atom. The number of alkyl halides is 2. The van der Waals surface area contributed by atoms with Crippen LogP contribution < -0.4 is 9.47 Å². The molecule has 0 bridgehead atoms. The van der Waals surface area contributed by atoms with E-state index in [0.717, 1.165) is 5.56 Å². The van der Waals surface area contributed by atoms with E-state index in [9.17, 15) is 8.78 Å². The molecule has 0 radical (unpaired) electrons. The van der Waals surface area contributed by atoms with Crippen molar-refractivity contribution in [1.29, 1.82) is 0 Å². The summed E-state index contributed by atoms with van der Waals surface area (Å²) in [5.41, 5.74) is 1.35. The molecule has 1 aromatic heterocycles. The van der Waals surface area contributed by atoms with Gasteiger partial charge in [0.15, 0.2) is 11.5 Å². The zero-order valence-electron chi connectivity index (χ0n) is 12.1. The van der Waals surface area contributed by atoms with Gasteiger partial charge in [0.1, 0.15) is 0 Å². The van der Waals surface area contributed by atoms with E-state index in [0.29, 0.717) is 11.4 Å². The molecule has 0 aliphatic rings. The van der Waals surface area contributed by atoms with Gasteiger partial charge in [-0.25, -0.2) is 0 Å². The number of halogens is 2. The van der Waals surface area contributed by atoms with Gasteiger partial charge in [0, 0.05) is 11.1 Å². The molecule has 1 heterocycles. The molecule has 0 N–H and O–H groups in total. The third-order valence-electron chi connectivity index (χ3n) is 3.08. The Kier molecular flexibility index (Phi) is 4.18. The van der Waals surface area contributed by atoms with Crippen molar-refractivity contribution >= 4 is 0 Å². The third-order valence-corrected chi connectivity index (χ3v) is 3.08. The van der Waals surface area contributed by atoms with Crippen LogP contribution in [-0.2, 0) is 0 Å². The number of nitrogens with zero attached hydrogens (tertiary/aromatic N) is 2. The van der Waals surface area contributed by atoms with Crippen molar-refractivity contribution in [2.75, 3.05) is 7.11 Å². The number of hydrogen-bond acceptors (Lipinski definition) is 5. The number of methoxy groups -OCH3 is 1. The average Bonchev–Trinajstić information content (AvgIpc) is 3.05. The summed E-state index contributed by atoms with van der Waals surface area (Å²) in [6.07, 6.45) is 0. The highest BCUT2D eigenvalue weighted by Crippen LogP contribution is 2.33. The van der Waals surface area contributed by atoms with Gasteiger partial charge in [-0.1, -0.05) is 35.5 Å². The molecule has 7 heteroatoms.